The summed E-state index contributed by atoms with van der Waals surface area (Å²) in [7, 11) is -3.47. The lowest BCUT2D eigenvalue weighted by atomic mass is 10.1. The Morgan fingerprint density at radius 2 is 1.43 bits per heavy atom. The van der Waals surface area contributed by atoms with Crippen LogP contribution in [0.5, 0.6) is 0 Å². The van der Waals surface area contributed by atoms with Crippen molar-refractivity contribution >= 4 is 38.6 Å². The summed E-state index contributed by atoms with van der Waals surface area (Å²) < 4.78 is 102. The lowest BCUT2D eigenvalue weighted by molar-refractivity contribution is -0.143. The maximum Gasteiger partial charge on any atom is 0.416 e. The van der Waals surface area contributed by atoms with Crippen LogP contribution in [0.3, 0.4) is 0 Å². The maximum absolute atomic E-state index is 12.6. The van der Waals surface area contributed by atoms with Crippen LogP contribution in [-0.4, -0.2) is 14.7 Å². The first kappa shape index (κ1) is 18.7. The van der Waals surface area contributed by atoms with Gasteiger partial charge in [0.15, 0.2) is 0 Å². The molecule has 12 heteroatoms. The molecule has 1 aromatic carbocycles. The van der Waals surface area contributed by atoms with Gasteiger partial charge < -0.3 is 0 Å². The van der Waals surface area contributed by atoms with Crippen LogP contribution < -0.4 is 0 Å². The van der Waals surface area contributed by atoms with E-state index in [1.54, 1.807) is 0 Å². The van der Waals surface area contributed by atoms with Gasteiger partial charge in [0.25, 0.3) is 10.0 Å². The zero-order chi connectivity index (χ0) is 16.5. The Balaban J connectivity index is 3.57. The fraction of sp³-hybridized carbons (Fsp3) is 0.333. The molecule has 0 radical (unpaired) electrons. The summed E-state index contributed by atoms with van der Waals surface area (Å²) in [6, 6.07) is 0.166. The van der Waals surface area contributed by atoms with E-state index in [9.17, 15) is 34.8 Å². The van der Waals surface area contributed by atoms with Crippen LogP contribution in [0, 0.1) is 0 Å². The van der Waals surface area contributed by atoms with Gasteiger partial charge in [0.1, 0.15) is 0 Å². The standard InChI is InChI=1S/C9H6F6INO2S2/c1-20-16-17-21(18,19)7-3-5(8(10,11)12)2-6(4-7)9(13,14)15/h2-4H,1H3. The number of sulfonamides is 1. The molecule has 0 amide bonds. The SMILES string of the molecule is CS/I=N\S(=O)(=O)c1cc(C(F)(F)F)cc(C(F)(F)F)c1. The Labute approximate surface area is 128 Å². The first-order chi connectivity index (χ1) is 9.38. The summed E-state index contributed by atoms with van der Waals surface area (Å²) in [5, 5.41) is 0. The Morgan fingerprint density at radius 1 is 1.00 bits per heavy atom. The van der Waals surface area contributed by atoms with Crippen molar-refractivity contribution in [2.75, 3.05) is 6.26 Å². The van der Waals surface area contributed by atoms with E-state index in [0.717, 1.165) is 8.93 Å². The van der Waals surface area contributed by atoms with E-state index < -0.39 is 58.0 Å². The van der Waals surface area contributed by atoms with Gasteiger partial charge >= 0.3 is 12.4 Å². The second-order valence-electron chi connectivity index (χ2n) is 3.51. The molecule has 0 heterocycles. The molecule has 0 aliphatic rings. The van der Waals surface area contributed by atoms with Crippen LogP contribution >= 0.6 is 28.6 Å². The van der Waals surface area contributed by atoms with Crippen molar-refractivity contribution < 1.29 is 34.8 Å². The van der Waals surface area contributed by atoms with Crippen molar-refractivity contribution in [3.8, 4) is 0 Å². The second-order valence-corrected chi connectivity index (χ2v) is 10.5. The number of halogens is 7. The van der Waals surface area contributed by atoms with Crippen molar-refractivity contribution in [1.82, 2.24) is 0 Å². The lowest BCUT2D eigenvalue weighted by Gasteiger charge is -2.13. The quantitative estimate of drug-likeness (QED) is 0.474. The first-order valence-electron chi connectivity index (χ1n) is 4.82. The highest BCUT2D eigenvalue weighted by Gasteiger charge is 2.38. The fourth-order valence-electron chi connectivity index (χ4n) is 1.18. The highest BCUT2D eigenvalue weighted by molar-refractivity contribution is 14.2. The van der Waals surface area contributed by atoms with Crippen molar-refractivity contribution in [2.45, 2.75) is 17.2 Å². The number of alkyl halides is 6. The van der Waals surface area contributed by atoms with Gasteiger partial charge in [-0.15, -0.1) is 2.55 Å². The Morgan fingerprint density at radius 3 is 1.76 bits per heavy atom. The zero-order valence-corrected chi connectivity index (χ0v) is 13.7. The highest BCUT2D eigenvalue weighted by atomic mass is 127. The van der Waals surface area contributed by atoms with Crippen LogP contribution in [0.25, 0.3) is 0 Å². The summed E-state index contributed by atoms with van der Waals surface area (Å²) in [5.41, 5.74) is -3.37. The van der Waals surface area contributed by atoms with Crippen LogP contribution in [-0.2, 0) is 22.4 Å². The molecular weight excluding hydrogens is 459 g/mol. The van der Waals surface area contributed by atoms with Gasteiger partial charge in [-0.3, -0.25) is 0 Å². The lowest BCUT2D eigenvalue weighted by Crippen LogP contribution is -2.12. The minimum Gasteiger partial charge on any atom is -0.199 e. The maximum atomic E-state index is 12.6. The van der Waals surface area contributed by atoms with Gasteiger partial charge in [0.2, 0.25) is 0 Å². The second kappa shape index (κ2) is 6.40. The van der Waals surface area contributed by atoms with E-state index in [0.29, 0.717) is 0 Å². The Hall–Kier alpha value is -0.370. The molecule has 0 atom stereocenters. The molecule has 3 nitrogen and oxygen atoms in total. The summed E-state index contributed by atoms with van der Waals surface area (Å²) in [5.74, 6) is 0. The number of nitrogens with zero attached hydrogens (tertiary/aromatic N) is 1. The average molecular weight is 465 g/mol. The minimum absolute atomic E-state index is 0.136. The van der Waals surface area contributed by atoms with E-state index in [-0.39, 0.29) is 18.2 Å². The average Bonchev–Trinajstić information content (AvgIpc) is 2.34. The smallest absolute Gasteiger partial charge is 0.199 e. The molecule has 0 spiro atoms. The number of benzene rings is 1. The van der Waals surface area contributed by atoms with E-state index in [2.05, 4.69) is 2.55 Å². The third kappa shape index (κ3) is 5.09. The van der Waals surface area contributed by atoms with Crippen LogP contribution in [0.4, 0.5) is 26.3 Å². The van der Waals surface area contributed by atoms with Gasteiger partial charge in [0.05, 0.1) is 35.7 Å². The highest BCUT2D eigenvalue weighted by Crippen LogP contribution is 2.38. The van der Waals surface area contributed by atoms with E-state index in [1.165, 1.54) is 6.26 Å². The molecule has 0 N–H and O–H groups in total. The van der Waals surface area contributed by atoms with Gasteiger partial charge in [-0.05, 0) is 24.5 Å². The topological polar surface area (TPSA) is 46.5 Å². The zero-order valence-electron chi connectivity index (χ0n) is 9.96. The predicted molar refractivity (Wildman–Crippen MR) is 73.6 cm³/mol. The molecule has 1 aromatic rings. The monoisotopic (exact) mass is 465 g/mol. The van der Waals surface area contributed by atoms with Crippen molar-refractivity contribution in [1.29, 1.82) is 0 Å². The summed E-state index contributed by atoms with van der Waals surface area (Å²) in [6.45, 7) is 0. The van der Waals surface area contributed by atoms with Gasteiger partial charge in [-0.1, -0.05) is 8.93 Å². The fourth-order valence-corrected chi connectivity index (χ4v) is 6.37. The van der Waals surface area contributed by atoms with Crippen LogP contribution in [0.2, 0.25) is 0 Å². The molecule has 0 unspecified atom stereocenters. The molecule has 0 bridgehead atoms. The number of rotatable bonds is 3. The van der Waals surface area contributed by atoms with Gasteiger partial charge in [-0.25, -0.2) is 0 Å². The molecule has 120 valence electrons. The van der Waals surface area contributed by atoms with E-state index >= 15 is 0 Å². The Kier molecular flexibility index (Phi) is 5.69. The molecule has 1 rings (SSSR count). The summed E-state index contributed by atoms with van der Waals surface area (Å²) in [6.07, 6.45) is -8.67. The normalized spacial score (nSPS) is 14.2. The van der Waals surface area contributed by atoms with Crippen LogP contribution in [0.1, 0.15) is 11.1 Å². The van der Waals surface area contributed by atoms with Gasteiger partial charge in [-0.2, -0.15) is 34.8 Å². The third-order valence-electron chi connectivity index (χ3n) is 2.05. The van der Waals surface area contributed by atoms with Crippen LogP contribution in [0.15, 0.2) is 25.6 Å². The molecule has 0 saturated heterocycles. The van der Waals surface area contributed by atoms with Crippen molar-refractivity contribution in [3.63, 3.8) is 0 Å². The largest absolute Gasteiger partial charge is 0.416 e. The minimum atomic E-state index is -5.10. The molecule has 0 fully saturated rings. The summed E-state index contributed by atoms with van der Waals surface area (Å²) in [4.78, 5) is -1.11. The first-order valence-corrected chi connectivity index (χ1v) is 11.0. The van der Waals surface area contributed by atoms with Crippen molar-refractivity contribution in [2.24, 2.45) is 2.55 Å². The third-order valence-corrected chi connectivity index (χ3v) is 7.61. The molecule has 21 heavy (non-hydrogen) atoms. The molecular formula is C9H6F6INO2S2. The Bertz CT molecular complexity index is 621. The molecule has 0 aliphatic heterocycles. The molecule has 0 aliphatic carbocycles. The predicted octanol–water partition coefficient (Wildman–Crippen LogP) is 4.85. The molecule has 0 saturated carbocycles. The number of hydrogen-bond acceptors (Lipinski definition) is 3. The van der Waals surface area contributed by atoms with E-state index in [1.807, 2.05) is 0 Å². The van der Waals surface area contributed by atoms with Crippen molar-refractivity contribution in [3.05, 3.63) is 29.3 Å². The van der Waals surface area contributed by atoms with E-state index in [4.69, 9.17) is 0 Å². The summed E-state index contributed by atoms with van der Waals surface area (Å²) >= 11 is -1.27. The number of hydrogen-bond donors (Lipinski definition) is 0. The van der Waals surface area contributed by atoms with Gasteiger partial charge in [0, 0.05) is 0 Å². The molecule has 0 aromatic heterocycles.